The summed E-state index contributed by atoms with van der Waals surface area (Å²) in [6.07, 6.45) is 3.32. The fourth-order valence-corrected chi connectivity index (χ4v) is 5.76. The Morgan fingerprint density at radius 3 is 2.22 bits per heavy atom. The van der Waals surface area contributed by atoms with Gasteiger partial charge in [0.2, 0.25) is 10.0 Å². The molecule has 0 aliphatic carbocycles. The SMILES string of the molecule is C[C@H]1CCC[C@H](C)N1C(=O)C[NH+]1CCN(S(=O)(=O)c2ccc(Cl)cc2)CC1. The van der Waals surface area contributed by atoms with E-state index in [9.17, 15) is 13.2 Å². The minimum atomic E-state index is -3.50. The first-order chi connectivity index (χ1) is 12.8. The number of amides is 1. The third kappa shape index (κ3) is 4.65. The Morgan fingerprint density at radius 1 is 1.11 bits per heavy atom. The van der Waals surface area contributed by atoms with Crippen molar-refractivity contribution in [3.8, 4) is 0 Å². The lowest BCUT2D eigenvalue weighted by Crippen LogP contribution is -3.15. The highest BCUT2D eigenvalue weighted by molar-refractivity contribution is 7.89. The lowest BCUT2D eigenvalue weighted by atomic mass is 9.97. The molecule has 0 radical (unpaired) electrons. The number of nitrogens with zero attached hydrogens (tertiary/aromatic N) is 2. The van der Waals surface area contributed by atoms with Crippen LogP contribution in [0.15, 0.2) is 29.2 Å². The molecule has 1 aromatic rings. The number of benzene rings is 1. The number of hydrogen-bond acceptors (Lipinski definition) is 3. The van der Waals surface area contributed by atoms with Crippen LogP contribution in [0.4, 0.5) is 0 Å². The van der Waals surface area contributed by atoms with Gasteiger partial charge in [-0.1, -0.05) is 11.6 Å². The first-order valence-corrected chi connectivity index (χ1v) is 11.5. The Labute approximate surface area is 167 Å². The second-order valence-electron chi connectivity index (χ2n) is 7.71. The summed E-state index contributed by atoms with van der Waals surface area (Å²) in [6, 6.07) is 6.86. The smallest absolute Gasteiger partial charge is 0.278 e. The van der Waals surface area contributed by atoms with E-state index in [1.165, 1.54) is 10.7 Å². The standard InChI is InChI=1S/C19H28ClN3O3S/c1-15-4-3-5-16(2)23(15)19(24)14-21-10-12-22(13-11-21)27(25,26)18-8-6-17(20)7-9-18/h6-9,15-16H,3-5,10-14H2,1-2H3/p+1/t15-,16-/m0/s1. The topological polar surface area (TPSA) is 62.1 Å². The molecule has 2 aliphatic heterocycles. The van der Waals surface area contributed by atoms with Gasteiger partial charge in [-0.05, 0) is 57.4 Å². The van der Waals surface area contributed by atoms with E-state index >= 15 is 0 Å². The van der Waals surface area contributed by atoms with Crippen molar-refractivity contribution in [3.63, 3.8) is 0 Å². The van der Waals surface area contributed by atoms with Crippen molar-refractivity contribution in [2.45, 2.75) is 50.1 Å². The van der Waals surface area contributed by atoms with Crippen LogP contribution >= 0.6 is 11.6 Å². The van der Waals surface area contributed by atoms with E-state index in [-0.39, 0.29) is 10.8 Å². The molecule has 150 valence electrons. The molecule has 6 nitrogen and oxygen atoms in total. The fourth-order valence-electron chi connectivity index (χ4n) is 4.19. The third-order valence-corrected chi connectivity index (χ3v) is 7.93. The molecule has 1 amide bonds. The molecule has 1 aromatic carbocycles. The van der Waals surface area contributed by atoms with Gasteiger partial charge in [0.1, 0.15) is 0 Å². The van der Waals surface area contributed by atoms with Gasteiger partial charge in [0.15, 0.2) is 6.54 Å². The van der Waals surface area contributed by atoms with Crippen molar-refractivity contribution in [2.75, 3.05) is 32.7 Å². The number of nitrogens with one attached hydrogen (secondary N) is 1. The minimum absolute atomic E-state index is 0.193. The van der Waals surface area contributed by atoms with Crippen molar-refractivity contribution in [3.05, 3.63) is 29.3 Å². The first kappa shape index (κ1) is 20.6. The summed E-state index contributed by atoms with van der Waals surface area (Å²) in [4.78, 5) is 16.2. The molecule has 0 saturated carbocycles. The number of sulfonamides is 1. The quantitative estimate of drug-likeness (QED) is 0.800. The summed E-state index contributed by atoms with van der Waals surface area (Å²) >= 11 is 5.85. The van der Waals surface area contributed by atoms with Crippen LogP contribution in [-0.4, -0.2) is 68.3 Å². The molecule has 3 rings (SSSR count). The molecule has 27 heavy (non-hydrogen) atoms. The number of quaternary nitrogens is 1. The second kappa shape index (κ2) is 8.47. The zero-order chi connectivity index (χ0) is 19.6. The highest BCUT2D eigenvalue weighted by atomic mass is 35.5. The summed E-state index contributed by atoms with van der Waals surface area (Å²) in [5, 5.41) is 0.517. The van der Waals surface area contributed by atoms with Gasteiger partial charge in [-0.2, -0.15) is 4.31 Å². The van der Waals surface area contributed by atoms with E-state index in [1.54, 1.807) is 24.3 Å². The monoisotopic (exact) mass is 414 g/mol. The predicted molar refractivity (Wildman–Crippen MR) is 105 cm³/mol. The van der Waals surface area contributed by atoms with Crippen molar-refractivity contribution in [1.82, 2.24) is 9.21 Å². The van der Waals surface area contributed by atoms with E-state index < -0.39 is 10.0 Å². The van der Waals surface area contributed by atoms with E-state index in [1.807, 2.05) is 4.90 Å². The largest absolute Gasteiger partial charge is 0.332 e. The normalized spacial score (nSPS) is 25.5. The van der Waals surface area contributed by atoms with Crippen LogP contribution in [0.1, 0.15) is 33.1 Å². The number of rotatable bonds is 4. The Kier molecular flexibility index (Phi) is 6.46. The summed E-state index contributed by atoms with van der Waals surface area (Å²) in [5.41, 5.74) is 0. The maximum atomic E-state index is 12.8. The summed E-state index contributed by atoms with van der Waals surface area (Å²) in [7, 11) is -3.50. The Balaban J connectivity index is 1.57. The molecular weight excluding hydrogens is 386 g/mol. The Morgan fingerprint density at radius 2 is 1.67 bits per heavy atom. The molecule has 8 heteroatoms. The number of piperazine rings is 1. The van der Waals surface area contributed by atoms with Crippen molar-refractivity contribution < 1.29 is 18.1 Å². The average molecular weight is 415 g/mol. The number of carbonyl (C=O) groups is 1. The maximum Gasteiger partial charge on any atom is 0.278 e. The van der Waals surface area contributed by atoms with Crippen LogP contribution in [0.2, 0.25) is 5.02 Å². The Bertz CT molecular complexity index is 751. The lowest BCUT2D eigenvalue weighted by molar-refractivity contribution is -0.896. The van der Waals surface area contributed by atoms with E-state index in [0.717, 1.165) is 17.7 Å². The lowest BCUT2D eigenvalue weighted by Gasteiger charge is -2.40. The molecule has 2 saturated heterocycles. The van der Waals surface area contributed by atoms with Gasteiger partial charge in [-0.25, -0.2) is 8.42 Å². The van der Waals surface area contributed by atoms with Gasteiger partial charge in [-0.15, -0.1) is 0 Å². The van der Waals surface area contributed by atoms with Crippen LogP contribution in [0, 0.1) is 0 Å². The second-order valence-corrected chi connectivity index (χ2v) is 10.1. The van der Waals surface area contributed by atoms with Crippen molar-refractivity contribution in [2.24, 2.45) is 0 Å². The highest BCUT2D eigenvalue weighted by Gasteiger charge is 2.34. The van der Waals surface area contributed by atoms with Gasteiger partial charge in [0.25, 0.3) is 5.91 Å². The zero-order valence-corrected chi connectivity index (χ0v) is 17.6. The molecule has 2 aliphatic rings. The average Bonchev–Trinajstić information content (AvgIpc) is 2.62. The van der Waals surface area contributed by atoms with Crippen LogP contribution in [-0.2, 0) is 14.8 Å². The van der Waals surface area contributed by atoms with Crippen LogP contribution in [0.3, 0.4) is 0 Å². The van der Waals surface area contributed by atoms with Crippen molar-refractivity contribution in [1.29, 1.82) is 0 Å². The van der Waals surface area contributed by atoms with Crippen LogP contribution in [0.5, 0.6) is 0 Å². The molecule has 0 unspecified atom stereocenters. The number of likely N-dealkylation sites (tertiary alicyclic amines) is 1. The zero-order valence-electron chi connectivity index (χ0n) is 16.0. The van der Waals surface area contributed by atoms with Gasteiger partial charge < -0.3 is 9.80 Å². The number of piperidine rings is 1. The molecule has 0 spiro atoms. The molecule has 0 bridgehead atoms. The van der Waals surface area contributed by atoms with Gasteiger partial charge in [0.05, 0.1) is 31.1 Å². The molecule has 1 N–H and O–H groups in total. The van der Waals surface area contributed by atoms with E-state index in [2.05, 4.69) is 13.8 Å². The number of halogens is 1. The molecule has 2 heterocycles. The molecule has 2 fully saturated rings. The summed E-state index contributed by atoms with van der Waals surface area (Å²) in [6.45, 7) is 6.85. The van der Waals surface area contributed by atoms with Crippen LogP contribution in [0.25, 0.3) is 0 Å². The Hall–Kier alpha value is -1.15. The highest BCUT2D eigenvalue weighted by Crippen LogP contribution is 2.22. The first-order valence-electron chi connectivity index (χ1n) is 9.69. The summed E-state index contributed by atoms with van der Waals surface area (Å²) in [5.74, 6) is 0.193. The molecular formula is C19H29ClN3O3S+. The third-order valence-electron chi connectivity index (χ3n) is 5.76. The summed E-state index contributed by atoms with van der Waals surface area (Å²) < 4.78 is 27.0. The number of hydrogen-bond donors (Lipinski definition) is 1. The molecule has 0 aromatic heterocycles. The molecule has 2 atom stereocenters. The fraction of sp³-hybridized carbons (Fsp3) is 0.632. The maximum absolute atomic E-state index is 12.8. The van der Waals surface area contributed by atoms with Gasteiger partial charge >= 0.3 is 0 Å². The number of carbonyl (C=O) groups excluding carboxylic acids is 1. The van der Waals surface area contributed by atoms with Crippen LogP contribution < -0.4 is 4.90 Å². The van der Waals surface area contributed by atoms with Crippen molar-refractivity contribution >= 4 is 27.5 Å². The minimum Gasteiger partial charge on any atom is -0.332 e. The predicted octanol–water partition coefficient (Wildman–Crippen LogP) is 1.02. The van der Waals surface area contributed by atoms with E-state index in [4.69, 9.17) is 11.6 Å². The van der Waals surface area contributed by atoms with Gasteiger partial charge in [0, 0.05) is 17.1 Å². The van der Waals surface area contributed by atoms with E-state index in [0.29, 0.717) is 49.8 Å². The van der Waals surface area contributed by atoms with Gasteiger partial charge in [-0.3, -0.25) is 4.79 Å².